The van der Waals surface area contributed by atoms with Gasteiger partial charge in [0.05, 0.1) is 6.61 Å². The molecule has 0 aromatic carbocycles. The number of rotatable bonds is 3. The van der Waals surface area contributed by atoms with Gasteiger partial charge in [0, 0.05) is 0 Å². The minimum Gasteiger partial charge on any atom is -0.395 e. The molecule has 0 unspecified atom stereocenters. The summed E-state index contributed by atoms with van der Waals surface area (Å²) in [5.41, 5.74) is 0. The van der Waals surface area contributed by atoms with Gasteiger partial charge < -0.3 is 24.7 Å². The van der Waals surface area contributed by atoms with Crippen molar-refractivity contribution in [1.29, 1.82) is 0 Å². The van der Waals surface area contributed by atoms with Crippen LogP contribution < -0.4 is 0 Å². The van der Waals surface area contributed by atoms with Crippen LogP contribution in [0.2, 0.25) is 0 Å². The molecular formula is C2H9ClO7P2. The molecule has 0 heterocycles. The molecule has 0 saturated carbocycles. The third kappa shape index (κ3) is 4.54. The maximum atomic E-state index is 10.3. The lowest BCUT2D eigenvalue weighted by atomic mass is 10.9. The first-order valence-electron chi connectivity index (χ1n) is 2.41. The zero-order valence-electron chi connectivity index (χ0n) is 5.64. The quantitative estimate of drug-likeness (QED) is 0.404. The van der Waals surface area contributed by atoms with E-state index < -0.39 is 27.2 Å². The first-order chi connectivity index (χ1) is 4.69. The zero-order valence-corrected chi connectivity index (χ0v) is 8.25. The molecule has 10 heteroatoms. The van der Waals surface area contributed by atoms with Crippen LogP contribution in [0.15, 0.2) is 0 Å². The Morgan fingerprint density at radius 2 is 1.25 bits per heavy atom. The highest BCUT2D eigenvalue weighted by molar-refractivity contribution is 7.70. The number of aliphatic hydroxyl groups excluding tert-OH is 1. The second-order valence-electron chi connectivity index (χ2n) is 1.84. The van der Waals surface area contributed by atoms with Gasteiger partial charge in [-0.3, -0.25) is 9.13 Å². The highest BCUT2D eigenvalue weighted by Gasteiger charge is 2.42. The Hall–Kier alpha value is 0.550. The second-order valence-corrected chi connectivity index (χ2v) is 5.85. The molecule has 0 radical (unpaired) electrons. The van der Waals surface area contributed by atoms with Crippen LogP contribution in [0.1, 0.15) is 0 Å². The van der Waals surface area contributed by atoms with Crippen molar-refractivity contribution in [3.63, 3.8) is 0 Å². The highest BCUT2D eigenvalue weighted by Crippen LogP contribution is 2.59. The van der Waals surface area contributed by atoms with Crippen molar-refractivity contribution in [2.75, 3.05) is 6.61 Å². The summed E-state index contributed by atoms with van der Waals surface area (Å²) in [6.07, 6.45) is 0. The Morgan fingerprint density at radius 1 is 1.00 bits per heavy atom. The largest absolute Gasteiger partial charge is 0.395 e. The molecule has 0 saturated heterocycles. The zero-order chi connectivity index (χ0) is 9.28. The maximum absolute atomic E-state index is 10.3. The van der Waals surface area contributed by atoms with E-state index in [2.05, 4.69) is 0 Å². The fourth-order valence-corrected chi connectivity index (χ4v) is 2.40. The topological polar surface area (TPSA) is 135 Å². The third-order valence-corrected chi connectivity index (χ3v) is 4.62. The van der Waals surface area contributed by atoms with Gasteiger partial charge in [-0.05, 0) is 0 Å². The molecule has 0 atom stereocenters. The van der Waals surface area contributed by atoms with Crippen LogP contribution in [-0.2, 0) is 9.13 Å². The molecule has 5 N–H and O–H groups in total. The summed E-state index contributed by atoms with van der Waals surface area (Å²) < 4.78 is 20.5. The van der Waals surface area contributed by atoms with Gasteiger partial charge in [-0.1, -0.05) is 0 Å². The first kappa shape index (κ1) is 15.0. The van der Waals surface area contributed by atoms with Crippen molar-refractivity contribution in [2.24, 2.45) is 0 Å². The molecule has 12 heavy (non-hydrogen) atoms. The summed E-state index contributed by atoms with van der Waals surface area (Å²) in [6, 6.07) is 0. The van der Waals surface area contributed by atoms with Crippen LogP contribution in [0.5, 0.6) is 0 Å². The van der Waals surface area contributed by atoms with Gasteiger partial charge in [-0.15, -0.1) is 12.4 Å². The molecular weight excluding hydrogens is 233 g/mol. The van der Waals surface area contributed by atoms with E-state index in [1.807, 2.05) is 0 Å². The normalized spacial score (nSPS) is 12.8. The molecule has 0 rings (SSSR count). The van der Waals surface area contributed by atoms with E-state index >= 15 is 0 Å². The minimum absolute atomic E-state index is 0. The molecule has 0 spiro atoms. The van der Waals surface area contributed by atoms with Crippen LogP contribution in [0.25, 0.3) is 0 Å². The van der Waals surface area contributed by atoms with Gasteiger partial charge in [-0.25, -0.2) is 0 Å². The van der Waals surface area contributed by atoms with Crippen LogP contribution in [-0.4, -0.2) is 36.7 Å². The first-order valence-corrected chi connectivity index (χ1v) is 5.77. The molecule has 0 aliphatic rings. The maximum Gasteiger partial charge on any atom is 0.343 e. The van der Waals surface area contributed by atoms with E-state index in [1.54, 1.807) is 0 Å². The highest BCUT2D eigenvalue weighted by atomic mass is 35.5. The monoisotopic (exact) mass is 242 g/mol. The predicted octanol–water partition coefficient (Wildman–Crippen LogP) is -0.918. The number of halogens is 1. The molecule has 0 bridgehead atoms. The molecule has 0 aromatic heterocycles. The van der Waals surface area contributed by atoms with Gasteiger partial charge >= 0.3 is 15.2 Å². The Balaban J connectivity index is 0. The number of hydrogen-bond acceptors (Lipinski definition) is 3. The van der Waals surface area contributed by atoms with E-state index in [0.29, 0.717) is 0 Å². The van der Waals surface area contributed by atoms with Crippen molar-refractivity contribution in [3.8, 4) is 0 Å². The summed E-state index contributed by atoms with van der Waals surface area (Å²) in [5, 5.41) is 5.92. The van der Waals surface area contributed by atoms with Crippen LogP contribution in [0.4, 0.5) is 0 Å². The Morgan fingerprint density at radius 3 is 1.25 bits per heavy atom. The van der Waals surface area contributed by atoms with Crippen LogP contribution in [0.3, 0.4) is 0 Å². The lowest BCUT2D eigenvalue weighted by Crippen LogP contribution is -2.13. The van der Waals surface area contributed by atoms with E-state index in [-0.39, 0.29) is 12.4 Å². The van der Waals surface area contributed by atoms with E-state index in [0.717, 1.165) is 0 Å². The average molecular weight is 242 g/mol. The van der Waals surface area contributed by atoms with Crippen molar-refractivity contribution in [1.82, 2.24) is 0 Å². The molecule has 0 aliphatic heterocycles. The molecule has 76 valence electrons. The third-order valence-electron chi connectivity index (χ3n) is 0.940. The molecule has 0 aliphatic carbocycles. The van der Waals surface area contributed by atoms with E-state index in [1.165, 1.54) is 0 Å². The fraction of sp³-hybridized carbons (Fsp3) is 1.00. The standard InChI is InChI=1S/C2H8O7P2.ClH/c3-1-2(10(4,5)6)11(7,8)9;/h2-3H,1H2,(H2,4,5,6)(H2,7,8,9);1H. The second kappa shape index (κ2) is 4.69. The molecule has 0 amide bonds. The van der Waals surface area contributed by atoms with Gasteiger partial charge in [-0.2, -0.15) is 0 Å². The smallest absolute Gasteiger partial charge is 0.343 e. The van der Waals surface area contributed by atoms with Gasteiger partial charge in [0.1, 0.15) is 0 Å². The summed E-state index contributed by atoms with van der Waals surface area (Å²) in [7, 11) is -9.82. The Bertz CT molecular complexity index is 193. The Labute approximate surface area is 74.2 Å². The summed E-state index contributed by atoms with van der Waals surface area (Å²) in [4.78, 5) is 33.1. The van der Waals surface area contributed by atoms with Crippen LogP contribution in [0, 0.1) is 0 Å². The fourth-order valence-electron chi connectivity index (χ4n) is 0.409. The van der Waals surface area contributed by atoms with Gasteiger partial charge in [0.25, 0.3) is 0 Å². The lowest BCUT2D eigenvalue weighted by Gasteiger charge is -2.16. The van der Waals surface area contributed by atoms with Crippen molar-refractivity contribution in [3.05, 3.63) is 0 Å². The minimum atomic E-state index is -4.91. The summed E-state index contributed by atoms with van der Waals surface area (Å²) in [6.45, 7) is -1.24. The predicted molar refractivity (Wildman–Crippen MR) is 42.2 cm³/mol. The average Bonchev–Trinajstić information content (AvgIpc) is 1.56. The molecule has 7 nitrogen and oxygen atoms in total. The van der Waals surface area contributed by atoms with Gasteiger partial charge in [0.2, 0.25) is 0 Å². The molecule has 0 aromatic rings. The van der Waals surface area contributed by atoms with E-state index in [4.69, 9.17) is 24.7 Å². The number of aliphatic hydroxyl groups is 1. The summed E-state index contributed by atoms with van der Waals surface area (Å²) in [5.74, 6) is 0. The van der Waals surface area contributed by atoms with Crippen molar-refractivity contribution < 1.29 is 33.8 Å². The number of hydrogen-bond donors (Lipinski definition) is 5. The lowest BCUT2D eigenvalue weighted by molar-refractivity contribution is 0.266. The van der Waals surface area contributed by atoms with Crippen LogP contribution >= 0.6 is 27.6 Å². The summed E-state index contributed by atoms with van der Waals surface area (Å²) >= 11 is 0. The SMILES string of the molecule is Cl.O=P(O)(O)C(CO)P(=O)(O)O. The van der Waals surface area contributed by atoms with E-state index in [9.17, 15) is 9.13 Å². The van der Waals surface area contributed by atoms with Gasteiger partial charge in [0.15, 0.2) is 5.40 Å². The van der Waals surface area contributed by atoms with Crippen molar-refractivity contribution in [2.45, 2.75) is 5.40 Å². The molecule has 0 fully saturated rings. The van der Waals surface area contributed by atoms with Crippen molar-refractivity contribution >= 4 is 27.6 Å². The Kier molecular flexibility index (Phi) is 5.88.